The van der Waals surface area contributed by atoms with E-state index in [9.17, 15) is 0 Å². The van der Waals surface area contributed by atoms with Gasteiger partial charge in [0.1, 0.15) is 0 Å². The Morgan fingerprint density at radius 1 is 0.967 bits per heavy atom. The van der Waals surface area contributed by atoms with Crippen LogP contribution in [0.1, 0.15) is 29.5 Å². The number of H-pyrrole nitrogens is 1. The van der Waals surface area contributed by atoms with Crippen molar-refractivity contribution in [1.29, 1.82) is 0 Å². The summed E-state index contributed by atoms with van der Waals surface area (Å²) in [5.41, 5.74) is 4.26. The Labute approximate surface area is 177 Å². The van der Waals surface area contributed by atoms with Crippen LogP contribution in [0.2, 0.25) is 0 Å². The minimum atomic E-state index is -0.0611. The van der Waals surface area contributed by atoms with Gasteiger partial charge in [-0.15, -0.1) is 20.4 Å². The maximum Gasteiger partial charge on any atom is 0.229 e. The molecule has 0 bridgehead atoms. The lowest BCUT2D eigenvalue weighted by Gasteiger charge is -2.13. The fourth-order valence-electron chi connectivity index (χ4n) is 3.49. The number of benzene rings is 2. The Kier molecular flexibility index (Phi) is 4.63. The van der Waals surface area contributed by atoms with Gasteiger partial charge in [0.2, 0.25) is 11.8 Å². The molecule has 3 aromatic heterocycles. The first kappa shape index (κ1) is 18.6. The van der Waals surface area contributed by atoms with E-state index in [0.717, 1.165) is 38.7 Å². The average Bonchev–Trinajstić information content (AvgIpc) is 3.46. The molecule has 5 rings (SSSR count). The van der Waals surface area contributed by atoms with E-state index in [1.165, 1.54) is 0 Å². The highest BCUT2D eigenvalue weighted by molar-refractivity contribution is 7.99. The van der Waals surface area contributed by atoms with Crippen molar-refractivity contribution < 1.29 is 4.42 Å². The highest BCUT2D eigenvalue weighted by Crippen LogP contribution is 2.38. The molecule has 0 amide bonds. The molecule has 150 valence electrons. The SMILES string of the molecule is Cc1nnc(C(C)Sc2nnc(-c3c[nH]c4ccccc34)n2-c2ccccc2C)o1. The monoisotopic (exact) mass is 416 g/mol. The number of rotatable bonds is 5. The van der Waals surface area contributed by atoms with Crippen LogP contribution in [-0.4, -0.2) is 29.9 Å². The second-order valence-corrected chi connectivity index (χ2v) is 8.40. The molecule has 1 N–H and O–H groups in total. The van der Waals surface area contributed by atoms with Crippen molar-refractivity contribution >= 4 is 22.7 Å². The molecule has 3 heterocycles. The van der Waals surface area contributed by atoms with E-state index in [1.807, 2.05) is 37.4 Å². The van der Waals surface area contributed by atoms with E-state index in [4.69, 9.17) is 4.42 Å². The second kappa shape index (κ2) is 7.46. The molecule has 0 saturated heterocycles. The highest BCUT2D eigenvalue weighted by Gasteiger charge is 2.23. The average molecular weight is 417 g/mol. The number of aromatic amines is 1. The minimum Gasteiger partial charge on any atom is -0.424 e. The van der Waals surface area contributed by atoms with Gasteiger partial charge in [0.15, 0.2) is 11.0 Å². The van der Waals surface area contributed by atoms with Crippen LogP contribution in [0, 0.1) is 13.8 Å². The molecular weight excluding hydrogens is 396 g/mol. The molecule has 0 radical (unpaired) electrons. The van der Waals surface area contributed by atoms with Gasteiger partial charge in [0, 0.05) is 29.6 Å². The fourth-order valence-corrected chi connectivity index (χ4v) is 4.38. The summed E-state index contributed by atoms with van der Waals surface area (Å²) in [5.74, 6) is 1.92. The number of aromatic nitrogens is 6. The molecule has 0 spiro atoms. The van der Waals surface area contributed by atoms with Crippen LogP contribution in [0.4, 0.5) is 0 Å². The number of hydrogen-bond donors (Lipinski definition) is 1. The van der Waals surface area contributed by atoms with E-state index < -0.39 is 0 Å². The predicted molar refractivity (Wildman–Crippen MR) is 117 cm³/mol. The van der Waals surface area contributed by atoms with Crippen molar-refractivity contribution in [2.24, 2.45) is 0 Å². The van der Waals surface area contributed by atoms with Crippen molar-refractivity contribution in [3.63, 3.8) is 0 Å². The van der Waals surface area contributed by atoms with Crippen molar-refractivity contribution in [3.05, 3.63) is 72.1 Å². The third-order valence-electron chi connectivity index (χ3n) is 4.99. The second-order valence-electron chi connectivity index (χ2n) is 7.10. The van der Waals surface area contributed by atoms with Crippen LogP contribution in [0.3, 0.4) is 0 Å². The number of nitrogens with zero attached hydrogens (tertiary/aromatic N) is 5. The first-order valence-electron chi connectivity index (χ1n) is 9.66. The minimum absolute atomic E-state index is 0.0611. The third-order valence-corrected chi connectivity index (χ3v) is 6.02. The zero-order valence-electron chi connectivity index (χ0n) is 16.8. The van der Waals surface area contributed by atoms with Crippen LogP contribution in [0.5, 0.6) is 0 Å². The van der Waals surface area contributed by atoms with E-state index in [-0.39, 0.29) is 5.25 Å². The van der Waals surface area contributed by atoms with Gasteiger partial charge in [-0.25, -0.2) is 0 Å². The Balaban J connectivity index is 1.66. The maximum atomic E-state index is 5.62. The van der Waals surface area contributed by atoms with Gasteiger partial charge >= 0.3 is 0 Å². The molecule has 0 fully saturated rings. The Bertz CT molecular complexity index is 1330. The van der Waals surface area contributed by atoms with Crippen LogP contribution in [0.25, 0.3) is 28.0 Å². The van der Waals surface area contributed by atoms with Gasteiger partial charge in [0.25, 0.3) is 0 Å². The Morgan fingerprint density at radius 2 is 1.77 bits per heavy atom. The normalized spacial score (nSPS) is 12.5. The maximum absolute atomic E-state index is 5.62. The summed E-state index contributed by atoms with van der Waals surface area (Å²) in [7, 11) is 0. The number of fused-ring (bicyclic) bond motifs is 1. The van der Waals surface area contributed by atoms with Gasteiger partial charge in [-0.1, -0.05) is 48.2 Å². The molecule has 2 aromatic carbocycles. The zero-order chi connectivity index (χ0) is 20.7. The van der Waals surface area contributed by atoms with Crippen molar-refractivity contribution in [2.45, 2.75) is 31.2 Å². The molecule has 0 aliphatic heterocycles. The smallest absolute Gasteiger partial charge is 0.229 e. The lowest BCUT2D eigenvalue weighted by Crippen LogP contribution is -2.02. The number of aryl methyl sites for hydroxylation is 2. The third kappa shape index (κ3) is 3.19. The summed E-state index contributed by atoms with van der Waals surface area (Å²) in [6.45, 7) is 5.91. The number of hydrogen-bond acceptors (Lipinski definition) is 6. The Morgan fingerprint density at radius 3 is 2.57 bits per heavy atom. The summed E-state index contributed by atoms with van der Waals surface area (Å²) >= 11 is 1.55. The van der Waals surface area contributed by atoms with E-state index >= 15 is 0 Å². The summed E-state index contributed by atoms with van der Waals surface area (Å²) in [6.07, 6.45) is 1.99. The van der Waals surface area contributed by atoms with Gasteiger partial charge in [-0.05, 0) is 31.5 Å². The fraction of sp³-hybridized carbons (Fsp3) is 0.182. The molecule has 0 aliphatic rings. The van der Waals surface area contributed by atoms with Crippen molar-refractivity contribution in [2.75, 3.05) is 0 Å². The first-order chi connectivity index (χ1) is 14.6. The summed E-state index contributed by atoms with van der Waals surface area (Å²) in [4.78, 5) is 3.34. The molecule has 7 nitrogen and oxygen atoms in total. The Hall–Kier alpha value is -3.39. The standard InChI is InChI=1S/C22H20N6OS/c1-13-8-4-7-11-19(13)28-20(17-12-23-18-10-6-5-9-16(17)18)25-27-22(28)30-14(2)21-26-24-15(3)29-21/h4-12,14,23H,1-3H3. The number of para-hydroxylation sites is 2. The largest absolute Gasteiger partial charge is 0.424 e. The highest BCUT2D eigenvalue weighted by atomic mass is 32.2. The lowest BCUT2D eigenvalue weighted by molar-refractivity contribution is 0.470. The van der Waals surface area contributed by atoms with Gasteiger partial charge in [-0.3, -0.25) is 4.57 Å². The molecule has 0 saturated carbocycles. The van der Waals surface area contributed by atoms with Crippen LogP contribution in [0.15, 0.2) is 64.3 Å². The van der Waals surface area contributed by atoms with Gasteiger partial charge < -0.3 is 9.40 Å². The van der Waals surface area contributed by atoms with E-state index in [1.54, 1.807) is 18.7 Å². The van der Waals surface area contributed by atoms with Crippen molar-refractivity contribution in [3.8, 4) is 17.1 Å². The zero-order valence-corrected chi connectivity index (χ0v) is 17.6. The molecule has 1 atom stereocenters. The molecule has 1 unspecified atom stereocenters. The number of thioether (sulfide) groups is 1. The van der Waals surface area contributed by atoms with Gasteiger partial charge in [-0.2, -0.15) is 0 Å². The molecule has 0 aliphatic carbocycles. The van der Waals surface area contributed by atoms with Crippen LogP contribution in [-0.2, 0) is 0 Å². The molecular formula is C22H20N6OS. The number of nitrogens with one attached hydrogen (secondary N) is 1. The van der Waals surface area contributed by atoms with Crippen LogP contribution >= 0.6 is 11.8 Å². The summed E-state index contributed by atoms with van der Waals surface area (Å²) in [6, 6.07) is 16.4. The van der Waals surface area contributed by atoms with Gasteiger partial charge in [0.05, 0.1) is 10.9 Å². The molecule has 30 heavy (non-hydrogen) atoms. The summed E-state index contributed by atoms with van der Waals surface area (Å²) in [5, 5.41) is 19.0. The topological polar surface area (TPSA) is 85.4 Å². The van der Waals surface area contributed by atoms with Crippen molar-refractivity contribution in [1.82, 2.24) is 29.9 Å². The first-order valence-corrected chi connectivity index (χ1v) is 10.5. The molecule has 8 heteroatoms. The quantitative estimate of drug-likeness (QED) is 0.393. The van der Waals surface area contributed by atoms with Crippen LogP contribution < -0.4 is 0 Å². The van der Waals surface area contributed by atoms with E-state index in [2.05, 4.69) is 61.1 Å². The van der Waals surface area contributed by atoms with E-state index in [0.29, 0.717) is 11.8 Å². The predicted octanol–water partition coefficient (Wildman–Crippen LogP) is 5.27. The molecule has 5 aromatic rings. The lowest BCUT2D eigenvalue weighted by atomic mass is 10.1. The summed E-state index contributed by atoms with van der Waals surface area (Å²) < 4.78 is 7.72.